The van der Waals surface area contributed by atoms with Crippen molar-refractivity contribution < 1.29 is 4.79 Å². The SMILES string of the molecule is Cc1cc(C)c2nc(NC(=O)Cn3ccccc3=O)sc2c1. The minimum atomic E-state index is -0.262. The van der Waals surface area contributed by atoms with Gasteiger partial charge in [0.25, 0.3) is 5.56 Å². The van der Waals surface area contributed by atoms with E-state index in [0.29, 0.717) is 5.13 Å². The lowest BCUT2D eigenvalue weighted by atomic mass is 10.1. The van der Waals surface area contributed by atoms with Gasteiger partial charge in [0, 0.05) is 12.3 Å². The van der Waals surface area contributed by atoms with Crippen LogP contribution in [0.5, 0.6) is 0 Å². The van der Waals surface area contributed by atoms with Crippen LogP contribution < -0.4 is 10.9 Å². The topological polar surface area (TPSA) is 64.0 Å². The molecule has 0 spiro atoms. The number of amides is 1. The molecular weight excluding hydrogens is 298 g/mol. The van der Waals surface area contributed by atoms with Crippen LogP contribution in [0.3, 0.4) is 0 Å². The number of nitrogens with zero attached hydrogens (tertiary/aromatic N) is 2. The Morgan fingerprint density at radius 3 is 2.91 bits per heavy atom. The second-order valence-electron chi connectivity index (χ2n) is 5.16. The number of aryl methyl sites for hydroxylation is 2. The molecule has 0 aliphatic carbocycles. The van der Waals surface area contributed by atoms with Crippen molar-refractivity contribution in [3.63, 3.8) is 0 Å². The maximum absolute atomic E-state index is 12.1. The molecule has 2 heterocycles. The lowest BCUT2D eigenvalue weighted by Crippen LogP contribution is -2.26. The molecular formula is C16H15N3O2S. The van der Waals surface area contributed by atoms with Crippen molar-refractivity contribution in [2.45, 2.75) is 20.4 Å². The molecule has 112 valence electrons. The summed E-state index contributed by atoms with van der Waals surface area (Å²) in [6.07, 6.45) is 1.59. The van der Waals surface area contributed by atoms with Gasteiger partial charge < -0.3 is 9.88 Å². The number of benzene rings is 1. The third-order valence-electron chi connectivity index (χ3n) is 3.29. The zero-order chi connectivity index (χ0) is 15.7. The molecule has 3 aromatic rings. The number of pyridine rings is 1. The second kappa shape index (κ2) is 5.73. The molecule has 0 bridgehead atoms. The fourth-order valence-electron chi connectivity index (χ4n) is 2.33. The van der Waals surface area contributed by atoms with E-state index in [9.17, 15) is 9.59 Å². The molecule has 0 saturated carbocycles. The van der Waals surface area contributed by atoms with Gasteiger partial charge in [0.1, 0.15) is 6.54 Å². The average molecular weight is 313 g/mol. The normalized spacial score (nSPS) is 10.8. The van der Waals surface area contributed by atoms with Crippen molar-refractivity contribution in [3.05, 3.63) is 58.0 Å². The molecule has 2 aromatic heterocycles. The van der Waals surface area contributed by atoms with Crippen LogP contribution in [0.4, 0.5) is 5.13 Å². The number of aromatic nitrogens is 2. The third kappa shape index (κ3) is 2.92. The van der Waals surface area contributed by atoms with Gasteiger partial charge in [-0.1, -0.05) is 23.5 Å². The number of carbonyl (C=O) groups is 1. The van der Waals surface area contributed by atoms with E-state index >= 15 is 0 Å². The molecule has 0 saturated heterocycles. The summed E-state index contributed by atoms with van der Waals surface area (Å²) < 4.78 is 2.41. The molecule has 1 N–H and O–H groups in total. The molecule has 0 aliphatic rings. The minimum Gasteiger partial charge on any atom is -0.306 e. The van der Waals surface area contributed by atoms with Gasteiger partial charge in [0.15, 0.2) is 5.13 Å². The number of rotatable bonds is 3. The smallest absolute Gasteiger partial charge is 0.250 e. The highest BCUT2D eigenvalue weighted by molar-refractivity contribution is 7.22. The van der Waals surface area contributed by atoms with Crippen molar-refractivity contribution in [3.8, 4) is 0 Å². The predicted molar refractivity (Wildman–Crippen MR) is 88.4 cm³/mol. The number of thiazole rings is 1. The maximum atomic E-state index is 12.1. The Balaban J connectivity index is 1.81. The molecule has 22 heavy (non-hydrogen) atoms. The summed E-state index contributed by atoms with van der Waals surface area (Å²) >= 11 is 1.44. The van der Waals surface area contributed by atoms with Gasteiger partial charge in [-0.2, -0.15) is 0 Å². The summed E-state index contributed by atoms with van der Waals surface area (Å²) in [7, 11) is 0. The Bertz CT molecular complexity index is 911. The highest BCUT2D eigenvalue weighted by atomic mass is 32.1. The van der Waals surface area contributed by atoms with Crippen molar-refractivity contribution in [2.75, 3.05) is 5.32 Å². The summed E-state index contributed by atoms with van der Waals surface area (Å²) in [5, 5.41) is 3.32. The molecule has 0 atom stereocenters. The van der Waals surface area contributed by atoms with Crippen LogP contribution >= 0.6 is 11.3 Å². The van der Waals surface area contributed by atoms with Gasteiger partial charge in [-0.3, -0.25) is 9.59 Å². The highest BCUT2D eigenvalue weighted by Crippen LogP contribution is 2.29. The van der Waals surface area contributed by atoms with Gasteiger partial charge in [-0.25, -0.2) is 4.98 Å². The van der Waals surface area contributed by atoms with E-state index < -0.39 is 0 Å². The molecule has 0 radical (unpaired) electrons. The van der Waals surface area contributed by atoms with Crippen LogP contribution in [0.1, 0.15) is 11.1 Å². The van der Waals surface area contributed by atoms with Gasteiger partial charge in [0.2, 0.25) is 5.91 Å². The fourth-order valence-corrected chi connectivity index (χ4v) is 3.39. The first-order valence-corrected chi connectivity index (χ1v) is 7.68. The second-order valence-corrected chi connectivity index (χ2v) is 6.19. The first-order chi connectivity index (χ1) is 10.5. The van der Waals surface area contributed by atoms with Crippen molar-refractivity contribution in [1.29, 1.82) is 0 Å². The van der Waals surface area contributed by atoms with Crippen molar-refractivity contribution in [2.24, 2.45) is 0 Å². The first kappa shape index (κ1) is 14.5. The molecule has 1 amide bonds. The number of hydrogen-bond acceptors (Lipinski definition) is 4. The van der Waals surface area contributed by atoms with Crippen LogP contribution in [0.25, 0.3) is 10.2 Å². The van der Waals surface area contributed by atoms with Crippen LogP contribution in [-0.2, 0) is 11.3 Å². The molecule has 0 unspecified atom stereocenters. The van der Waals surface area contributed by atoms with Gasteiger partial charge >= 0.3 is 0 Å². The molecule has 0 fully saturated rings. The summed E-state index contributed by atoms with van der Waals surface area (Å²) in [4.78, 5) is 28.1. The lowest BCUT2D eigenvalue weighted by molar-refractivity contribution is -0.116. The summed E-state index contributed by atoms with van der Waals surface area (Å²) in [5.74, 6) is -0.262. The Labute approximate surface area is 131 Å². The van der Waals surface area contributed by atoms with E-state index in [2.05, 4.69) is 22.4 Å². The Morgan fingerprint density at radius 1 is 1.32 bits per heavy atom. The Hall–Kier alpha value is -2.47. The largest absolute Gasteiger partial charge is 0.306 e. The first-order valence-electron chi connectivity index (χ1n) is 6.86. The number of fused-ring (bicyclic) bond motifs is 1. The number of nitrogens with one attached hydrogen (secondary N) is 1. The zero-order valence-electron chi connectivity index (χ0n) is 12.3. The molecule has 1 aromatic carbocycles. The van der Waals surface area contributed by atoms with Crippen LogP contribution in [-0.4, -0.2) is 15.5 Å². The summed E-state index contributed by atoms with van der Waals surface area (Å²) in [5.41, 5.74) is 2.96. The van der Waals surface area contributed by atoms with E-state index in [4.69, 9.17) is 0 Å². The predicted octanol–water partition coefficient (Wildman–Crippen LogP) is 2.71. The zero-order valence-corrected chi connectivity index (χ0v) is 13.1. The average Bonchev–Trinajstić information content (AvgIpc) is 2.84. The molecule has 5 nitrogen and oxygen atoms in total. The number of hydrogen-bond donors (Lipinski definition) is 1. The number of anilines is 1. The van der Waals surface area contributed by atoms with E-state index in [1.165, 1.54) is 27.5 Å². The quantitative estimate of drug-likeness (QED) is 0.808. The van der Waals surface area contributed by atoms with Crippen LogP contribution in [0.15, 0.2) is 41.3 Å². The molecule has 6 heteroatoms. The highest BCUT2D eigenvalue weighted by Gasteiger charge is 2.10. The Kier molecular flexibility index (Phi) is 3.77. The van der Waals surface area contributed by atoms with E-state index in [-0.39, 0.29) is 18.0 Å². The standard InChI is InChI=1S/C16H15N3O2S/c1-10-7-11(2)15-12(8-10)22-16(18-15)17-13(20)9-19-6-4-3-5-14(19)21/h3-8H,9H2,1-2H3,(H,17,18,20). The van der Waals surface area contributed by atoms with Crippen molar-refractivity contribution >= 4 is 32.6 Å². The molecule has 0 aliphatic heterocycles. The third-order valence-corrected chi connectivity index (χ3v) is 4.21. The molecule has 3 rings (SSSR count). The van der Waals surface area contributed by atoms with Gasteiger partial charge in [-0.15, -0.1) is 0 Å². The van der Waals surface area contributed by atoms with Gasteiger partial charge in [0.05, 0.1) is 10.2 Å². The summed E-state index contributed by atoms with van der Waals surface area (Å²) in [6.45, 7) is 4.02. The summed E-state index contributed by atoms with van der Waals surface area (Å²) in [6, 6.07) is 8.92. The van der Waals surface area contributed by atoms with Crippen LogP contribution in [0.2, 0.25) is 0 Å². The van der Waals surface area contributed by atoms with Crippen LogP contribution in [0, 0.1) is 13.8 Å². The Morgan fingerprint density at radius 2 is 2.14 bits per heavy atom. The number of carbonyl (C=O) groups excluding carboxylic acids is 1. The minimum absolute atomic E-state index is 0.0202. The van der Waals surface area contributed by atoms with E-state index in [1.807, 2.05) is 13.8 Å². The van der Waals surface area contributed by atoms with Crippen molar-refractivity contribution in [1.82, 2.24) is 9.55 Å². The van der Waals surface area contributed by atoms with E-state index in [0.717, 1.165) is 15.8 Å². The lowest BCUT2D eigenvalue weighted by Gasteiger charge is -2.04. The monoisotopic (exact) mass is 313 g/mol. The fraction of sp³-hybridized carbons (Fsp3) is 0.188. The maximum Gasteiger partial charge on any atom is 0.250 e. The van der Waals surface area contributed by atoms with E-state index in [1.54, 1.807) is 18.3 Å². The van der Waals surface area contributed by atoms with Gasteiger partial charge in [-0.05, 0) is 37.1 Å².